The lowest BCUT2D eigenvalue weighted by Gasteiger charge is -2.34. The average molecular weight is 461 g/mol. The topological polar surface area (TPSA) is 49.4 Å². The Balaban J connectivity index is 1.58. The molecule has 0 spiro atoms. The number of hydrogen-bond donors (Lipinski definition) is 1. The number of nitrogens with one attached hydrogen (secondary N) is 1. The van der Waals surface area contributed by atoms with Crippen LogP contribution in [-0.4, -0.2) is 23.6 Å². The monoisotopic (exact) mass is 460 g/mol. The smallest absolute Gasteiger partial charge is 0.251 e. The minimum absolute atomic E-state index is 0.0647. The maximum atomic E-state index is 13.4. The summed E-state index contributed by atoms with van der Waals surface area (Å²) in [4.78, 5) is 28.3. The van der Waals surface area contributed by atoms with Gasteiger partial charge >= 0.3 is 0 Å². The number of halogens is 2. The highest BCUT2D eigenvalue weighted by molar-refractivity contribution is 8.00. The van der Waals surface area contributed by atoms with Gasteiger partial charge < -0.3 is 10.2 Å². The van der Waals surface area contributed by atoms with Crippen LogP contribution in [0.25, 0.3) is 0 Å². The molecule has 31 heavy (non-hydrogen) atoms. The van der Waals surface area contributed by atoms with E-state index < -0.39 is 5.82 Å². The molecule has 3 atom stereocenters. The lowest BCUT2D eigenvalue weighted by molar-refractivity contribution is -0.116. The Morgan fingerprint density at radius 1 is 1.23 bits per heavy atom. The molecule has 7 heteroatoms. The third kappa shape index (κ3) is 4.75. The van der Waals surface area contributed by atoms with Gasteiger partial charge in [-0.3, -0.25) is 9.59 Å². The highest BCUT2D eigenvalue weighted by Crippen LogP contribution is 2.38. The van der Waals surface area contributed by atoms with Gasteiger partial charge in [-0.05, 0) is 54.2 Å². The summed E-state index contributed by atoms with van der Waals surface area (Å²) in [5.41, 5.74) is 1.89. The van der Waals surface area contributed by atoms with Crippen LogP contribution in [0.4, 0.5) is 10.1 Å². The van der Waals surface area contributed by atoms with E-state index >= 15 is 0 Å². The van der Waals surface area contributed by atoms with Gasteiger partial charge in [-0.2, -0.15) is 0 Å². The molecule has 0 aromatic heterocycles. The number of thioether (sulfide) groups is 1. The van der Waals surface area contributed by atoms with E-state index in [1.54, 1.807) is 17.0 Å². The molecule has 2 aliphatic rings. The van der Waals surface area contributed by atoms with Gasteiger partial charge in [-0.15, -0.1) is 11.8 Å². The van der Waals surface area contributed by atoms with Crippen LogP contribution >= 0.6 is 23.4 Å². The highest BCUT2D eigenvalue weighted by atomic mass is 35.5. The van der Waals surface area contributed by atoms with E-state index in [1.807, 2.05) is 12.1 Å². The molecule has 0 unspecified atom stereocenters. The van der Waals surface area contributed by atoms with E-state index in [0.717, 1.165) is 17.7 Å². The molecule has 0 saturated heterocycles. The fourth-order valence-electron chi connectivity index (χ4n) is 4.37. The van der Waals surface area contributed by atoms with E-state index in [1.165, 1.54) is 30.3 Å². The van der Waals surface area contributed by atoms with Crippen LogP contribution in [0.2, 0.25) is 5.02 Å². The molecule has 4 nitrogen and oxygen atoms in total. The number of carbonyl (C=O) groups is 2. The van der Waals surface area contributed by atoms with Gasteiger partial charge in [0.15, 0.2) is 0 Å². The van der Waals surface area contributed by atoms with Crippen molar-refractivity contribution in [2.24, 2.45) is 11.8 Å². The van der Waals surface area contributed by atoms with Gasteiger partial charge in [0.1, 0.15) is 5.82 Å². The minimum atomic E-state index is -0.417. The molecule has 1 aliphatic heterocycles. The number of benzene rings is 2. The van der Waals surface area contributed by atoms with E-state index in [2.05, 4.69) is 19.2 Å². The Morgan fingerprint density at radius 3 is 2.81 bits per heavy atom. The van der Waals surface area contributed by atoms with Crippen molar-refractivity contribution >= 4 is 40.9 Å². The zero-order valence-electron chi connectivity index (χ0n) is 17.7. The fourth-order valence-corrected chi connectivity index (χ4v) is 5.52. The number of fused-ring (bicyclic) bond motifs is 1. The Morgan fingerprint density at radius 2 is 2.03 bits per heavy atom. The Labute approximate surface area is 191 Å². The van der Waals surface area contributed by atoms with Gasteiger partial charge in [-0.25, -0.2) is 4.39 Å². The lowest BCUT2D eigenvalue weighted by Crippen LogP contribution is -2.43. The SMILES string of the molecule is C[C@H]1[C@H](C)CCC[C@H]1NC(=O)c1ccc2c(c1)N(Cc1ccc(F)cc1Cl)C(=O)CS2. The van der Waals surface area contributed by atoms with Crippen molar-refractivity contribution in [3.8, 4) is 0 Å². The summed E-state index contributed by atoms with van der Waals surface area (Å²) >= 11 is 7.65. The second-order valence-corrected chi connectivity index (χ2v) is 9.96. The second-order valence-electron chi connectivity index (χ2n) is 8.53. The first-order valence-electron chi connectivity index (χ1n) is 10.7. The van der Waals surface area contributed by atoms with Gasteiger partial charge in [0.2, 0.25) is 5.91 Å². The summed E-state index contributed by atoms with van der Waals surface area (Å²) in [5.74, 6) is 0.744. The second kappa shape index (κ2) is 9.21. The van der Waals surface area contributed by atoms with Crippen molar-refractivity contribution < 1.29 is 14.0 Å². The van der Waals surface area contributed by atoms with E-state index in [9.17, 15) is 14.0 Å². The molecule has 1 saturated carbocycles. The largest absolute Gasteiger partial charge is 0.349 e. The molecule has 1 heterocycles. The maximum Gasteiger partial charge on any atom is 0.251 e. The van der Waals surface area contributed by atoms with Crippen LogP contribution < -0.4 is 10.2 Å². The zero-order chi connectivity index (χ0) is 22.1. The quantitative estimate of drug-likeness (QED) is 0.639. The fraction of sp³-hybridized carbons (Fsp3) is 0.417. The molecule has 1 aliphatic carbocycles. The number of anilines is 1. The summed E-state index contributed by atoms with van der Waals surface area (Å²) in [5, 5.41) is 3.48. The van der Waals surface area contributed by atoms with Crippen molar-refractivity contribution in [1.29, 1.82) is 0 Å². The standard InChI is InChI=1S/C24H26ClFN2O2S/c1-14-4-3-5-20(15(14)2)27-24(30)16-7-9-22-21(10-16)28(23(29)13-31-22)12-17-6-8-18(26)11-19(17)25/h6-11,14-15,20H,3-5,12-13H2,1-2H3,(H,27,30)/t14-,15+,20-/m1/s1. The molecule has 0 bridgehead atoms. The van der Waals surface area contributed by atoms with Crippen molar-refractivity contribution in [3.63, 3.8) is 0 Å². The van der Waals surface area contributed by atoms with Gasteiger partial charge in [0.25, 0.3) is 5.91 Å². The van der Waals surface area contributed by atoms with Crippen LogP contribution in [0.15, 0.2) is 41.3 Å². The Hall–Kier alpha value is -2.05. The molecule has 2 aromatic carbocycles. The third-order valence-corrected chi connectivity index (χ3v) is 7.93. The predicted octanol–water partition coefficient (Wildman–Crippen LogP) is 5.67. The minimum Gasteiger partial charge on any atom is -0.349 e. The van der Waals surface area contributed by atoms with Crippen molar-refractivity contribution in [1.82, 2.24) is 5.32 Å². The summed E-state index contributed by atoms with van der Waals surface area (Å²) < 4.78 is 13.4. The first kappa shape index (κ1) is 22.2. The summed E-state index contributed by atoms with van der Waals surface area (Å²) in [6.07, 6.45) is 3.32. The lowest BCUT2D eigenvalue weighted by atomic mass is 9.78. The van der Waals surface area contributed by atoms with Crippen LogP contribution in [0.3, 0.4) is 0 Å². The van der Waals surface area contributed by atoms with Crippen LogP contribution in [0, 0.1) is 17.7 Å². The Bertz CT molecular complexity index is 1020. The molecule has 1 fully saturated rings. The molecular weight excluding hydrogens is 435 g/mol. The van der Waals surface area contributed by atoms with E-state index in [0.29, 0.717) is 34.4 Å². The number of nitrogens with zero attached hydrogens (tertiary/aromatic N) is 1. The number of amides is 2. The molecule has 2 amide bonds. The van der Waals surface area contributed by atoms with E-state index in [4.69, 9.17) is 11.6 Å². The first-order valence-corrected chi connectivity index (χ1v) is 12.0. The molecule has 4 rings (SSSR count). The van der Waals surface area contributed by atoms with Gasteiger partial charge in [0.05, 0.1) is 18.0 Å². The average Bonchev–Trinajstić information content (AvgIpc) is 2.74. The third-order valence-electron chi connectivity index (χ3n) is 6.53. The van der Waals surface area contributed by atoms with Crippen molar-refractivity contribution in [2.75, 3.05) is 10.7 Å². The maximum absolute atomic E-state index is 13.4. The molecule has 164 valence electrons. The molecule has 0 radical (unpaired) electrons. The molecule has 1 N–H and O–H groups in total. The van der Waals surface area contributed by atoms with Gasteiger partial charge in [-0.1, -0.05) is 44.4 Å². The van der Waals surface area contributed by atoms with Crippen molar-refractivity contribution in [2.45, 2.75) is 50.6 Å². The van der Waals surface area contributed by atoms with Crippen LogP contribution in [0.5, 0.6) is 0 Å². The van der Waals surface area contributed by atoms with Crippen LogP contribution in [0.1, 0.15) is 49.0 Å². The summed E-state index contributed by atoms with van der Waals surface area (Å²) in [6.45, 7) is 4.67. The molecule has 2 aromatic rings. The predicted molar refractivity (Wildman–Crippen MR) is 123 cm³/mol. The summed E-state index contributed by atoms with van der Waals surface area (Å²) in [7, 11) is 0. The van der Waals surface area contributed by atoms with Crippen molar-refractivity contribution in [3.05, 3.63) is 58.4 Å². The Kier molecular flexibility index (Phi) is 6.58. The zero-order valence-corrected chi connectivity index (χ0v) is 19.2. The summed E-state index contributed by atoms with van der Waals surface area (Å²) in [6, 6.07) is 9.83. The van der Waals surface area contributed by atoms with Gasteiger partial charge in [0, 0.05) is 21.5 Å². The number of rotatable bonds is 4. The van der Waals surface area contributed by atoms with Crippen LogP contribution in [-0.2, 0) is 11.3 Å². The number of carbonyl (C=O) groups excluding carboxylic acids is 2. The number of hydrogen-bond acceptors (Lipinski definition) is 3. The molecular formula is C24H26ClFN2O2S. The first-order chi connectivity index (χ1) is 14.8. The van der Waals surface area contributed by atoms with E-state index in [-0.39, 0.29) is 29.4 Å². The normalized spacial score (nSPS) is 23.4. The highest BCUT2D eigenvalue weighted by Gasteiger charge is 2.30.